The van der Waals surface area contributed by atoms with Crippen molar-refractivity contribution < 1.29 is 14.6 Å². The Hall–Kier alpha value is -0.870. The fourth-order valence-corrected chi connectivity index (χ4v) is 1.81. The van der Waals surface area contributed by atoms with E-state index in [1.54, 1.807) is 13.0 Å². The number of thiophene rings is 1. The Bertz CT molecular complexity index is 277. The van der Waals surface area contributed by atoms with E-state index in [1.807, 2.05) is 11.4 Å². The van der Waals surface area contributed by atoms with E-state index in [1.165, 1.54) is 18.4 Å². The second kappa shape index (κ2) is 3.89. The van der Waals surface area contributed by atoms with Crippen LogP contribution in [0.4, 0.5) is 0 Å². The summed E-state index contributed by atoms with van der Waals surface area (Å²) in [5, 5.41) is 11.7. The first-order valence-electron chi connectivity index (χ1n) is 3.89. The third kappa shape index (κ3) is 2.54. The Morgan fingerprint density at radius 3 is 2.92 bits per heavy atom. The molecule has 0 aromatic carbocycles. The highest BCUT2D eigenvalue weighted by Gasteiger charge is 2.27. The number of carbonyl (C=O) groups excluding carboxylic acids is 1. The predicted molar refractivity (Wildman–Crippen MR) is 50.5 cm³/mol. The highest BCUT2D eigenvalue weighted by Crippen LogP contribution is 2.28. The first-order valence-corrected chi connectivity index (χ1v) is 4.77. The molecule has 0 radical (unpaired) electrons. The fourth-order valence-electron chi connectivity index (χ4n) is 1.03. The molecular weight excluding hydrogens is 188 g/mol. The fraction of sp³-hybridized carbons (Fsp3) is 0.444. The van der Waals surface area contributed by atoms with Crippen LogP contribution in [0.15, 0.2) is 17.5 Å². The van der Waals surface area contributed by atoms with Crippen molar-refractivity contribution in [3.63, 3.8) is 0 Å². The first-order chi connectivity index (χ1) is 6.06. The van der Waals surface area contributed by atoms with E-state index in [9.17, 15) is 9.90 Å². The van der Waals surface area contributed by atoms with Gasteiger partial charge in [0.15, 0.2) is 0 Å². The molecule has 0 spiro atoms. The Morgan fingerprint density at radius 1 is 1.77 bits per heavy atom. The average molecular weight is 200 g/mol. The number of esters is 1. The zero-order valence-corrected chi connectivity index (χ0v) is 8.43. The standard InChI is InChI=1S/C9H12O3S/c1-9(11,6-8(10)12-2)7-4-3-5-13-7/h3-5,11H,6H2,1-2H3. The summed E-state index contributed by atoms with van der Waals surface area (Å²) in [6.07, 6.45) is -0.00991. The van der Waals surface area contributed by atoms with Gasteiger partial charge >= 0.3 is 5.97 Å². The Labute approximate surface area is 81.0 Å². The summed E-state index contributed by atoms with van der Waals surface area (Å²) in [4.78, 5) is 11.7. The molecule has 1 aromatic rings. The Kier molecular flexibility index (Phi) is 3.06. The first kappa shape index (κ1) is 10.2. The number of aliphatic hydroxyl groups is 1. The maximum absolute atomic E-state index is 10.9. The molecule has 0 aliphatic heterocycles. The van der Waals surface area contributed by atoms with Crippen molar-refractivity contribution in [2.45, 2.75) is 18.9 Å². The van der Waals surface area contributed by atoms with Gasteiger partial charge in [0.2, 0.25) is 0 Å². The molecule has 1 N–H and O–H groups in total. The average Bonchev–Trinajstić information content (AvgIpc) is 2.55. The summed E-state index contributed by atoms with van der Waals surface area (Å²) in [5.41, 5.74) is -1.11. The van der Waals surface area contributed by atoms with Crippen molar-refractivity contribution in [3.05, 3.63) is 22.4 Å². The summed E-state index contributed by atoms with van der Waals surface area (Å²) in [6.45, 7) is 1.61. The summed E-state index contributed by atoms with van der Waals surface area (Å²) < 4.78 is 4.49. The summed E-state index contributed by atoms with van der Waals surface area (Å²) in [5.74, 6) is -0.404. The van der Waals surface area contributed by atoms with Gasteiger partial charge < -0.3 is 9.84 Å². The molecule has 72 valence electrons. The highest BCUT2D eigenvalue weighted by molar-refractivity contribution is 7.10. The van der Waals surface area contributed by atoms with Gasteiger partial charge in [-0.15, -0.1) is 11.3 Å². The normalized spacial score (nSPS) is 15.0. The van der Waals surface area contributed by atoms with Crippen LogP contribution in [0.3, 0.4) is 0 Å². The quantitative estimate of drug-likeness (QED) is 0.752. The zero-order chi connectivity index (χ0) is 9.90. The molecular formula is C9H12O3S. The molecule has 0 amide bonds. The van der Waals surface area contributed by atoms with Crippen molar-refractivity contribution in [2.24, 2.45) is 0 Å². The maximum Gasteiger partial charge on any atom is 0.308 e. The van der Waals surface area contributed by atoms with Crippen LogP contribution in [-0.2, 0) is 15.1 Å². The number of ether oxygens (including phenoxy) is 1. The van der Waals surface area contributed by atoms with Crippen LogP contribution < -0.4 is 0 Å². The van der Waals surface area contributed by atoms with E-state index >= 15 is 0 Å². The van der Waals surface area contributed by atoms with Crippen LogP contribution in [0.1, 0.15) is 18.2 Å². The molecule has 0 aliphatic rings. The molecule has 1 aromatic heterocycles. The summed E-state index contributed by atoms with van der Waals surface area (Å²) in [6, 6.07) is 3.64. The van der Waals surface area contributed by atoms with Crippen LogP contribution in [-0.4, -0.2) is 18.2 Å². The topological polar surface area (TPSA) is 46.5 Å². The predicted octanol–water partition coefficient (Wildman–Crippen LogP) is 1.52. The SMILES string of the molecule is COC(=O)CC(C)(O)c1cccs1. The van der Waals surface area contributed by atoms with Crippen molar-refractivity contribution >= 4 is 17.3 Å². The molecule has 0 fully saturated rings. The van der Waals surface area contributed by atoms with E-state index in [2.05, 4.69) is 4.74 Å². The van der Waals surface area contributed by atoms with Gasteiger partial charge in [0.05, 0.1) is 13.5 Å². The third-order valence-corrected chi connectivity index (χ3v) is 2.89. The maximum atomic E-state index is 10.9. The number of hydrogen-bond acceptors (Lipinski definition) is 4. The van der Waals surface area contributed by atoms with Gasteiger partial charge in [0.25, 0.3) is 0 Å². The second-order valence-corrected chi connectivity index (χ2v) is 3.95. The van der Waals surface area contributed by atoms with Gasteiger partial charge in [-0.1, -0.05) is 6.07 Å². The van der Waals surface area contributed by atoms with Crippen LogP contribution in [0.5, 0.6) is 0 Å². The molecule has 13 heavy (non-hydrogen) atoms. The molecule has 1 rings (SSSR count). The van der Waals surface area contributed by atoms with Gasteiger partial charge in [0, 0.05) is 4.88 Å². The molecule has 0 saturated carbocycles. The zero-order valence-electron chi connectivity index (χ0n) is 7.61. The molecule has 0 saturated heterocycles. The lowest BCUT2D eigenvalue weighted by Gasteiger charge is -2.19. The lowest BCUT2D eigenvalue weighted by molar-refractivity contribution is -0.145. The third-order valence-electron chi connectivity index (χ3n) is 1.77. The molecule has 1 atom stereocenters. The molecule has 4 heteroatoms. The molecule has 1 unspecified atom stereocenters. The van der Waals surface area contributed by atoms with E-state index in [-0.39, 0.29) is 6.42 Å². The minimum Gasteiger partial charge on any atom is -0.469 e. The Balaban J connectivity index is 2.72. The molecule has 1 heterocycles. The van der Waals surface area contributed by atoms with E-state index < -0.39 is 11.6 Å². The minimum absolute atomic E-state index is 0.00991. The highest BCUT2D eigenvalue weighted by atomic mass is 32.1. The number of methoxy groups -OCH3 is 1. The second-order valence-electron chi connectivity index (χ2n) is 3.00. The molecule has 3 nitrogen and oxygen atoms in total. The van der Waals surface area contributed by atoms with Gasteiger partial charge in [-0.25, -0.2) is 0 Å². The number of rotatable bonds is 3. The van der Waals surface area contributed by atoms with Crippen molar-refractivity contribution in [1.29, 1.82) is 0 Å². The van der Waals surface area contributed by atoms with E-state index in [0.29, 0.717) is 0 Å². The van der Waals surface area contributed by atoms with Crippen LogP contribution in [0.25, 0.3) is 0 Å². The number of carbonyl (C=O) groups is 1. The summed E-state index contributed by atoms with van der Waals surface area (Å²) in [7, 11) is 1.31. The van der Waals surface area contributed by atoms with Crippen molar-refractivity contribution in [1.82, 2.24) is 0 Å². The summed E-state index contributed by atoms with van der Waals surface area (Å²) >= 11 is 1.42. The van der Waals surface area contributed by atoms with Crippen molar-refractivity contribution in [2.75, 3.05) is 7.11 Å². The lowest BCUT2D eigenvalue weighted by atomic mass is 10.0. The molecule has 0 bridgehead atoms. The van der Waals surface area contributed by atoms with Gasteiger partial charge in [-0.2, -0.15) is 0 Å². The van der Waals surface area contributed by atoms with Gasteiger partial charge in [-0.3, -0.25) is 4.79 Å². The van der Waals surface area contributed by atoms with Crippen LogP contribution >= 0.6 is 11.3 Å². The monoisotopic (exact) mass is 200 g/mol. The lowest BCUT2D eigenvalue weighted by Crippen LogP contribution is -2.24. The van der Waals surface area contributed by atoms with E-state index in [4.69, 9.17) is 0 Å². The molecule has 0 aliphatic carbocycles. The number of hydrogen-bond donors (Lipinski definition) is 1. The minimum atomic E-state index is -1.11. The van der Waals surface area contributed by atoms with Gasteiger partial charge in [-0.05, 0) is 18.4 Å². The smallest absolute Gasteiger partial charge is 0.308 e. The van der Waals surface area contributed by atoms with Crippen molar-refractivity contribution in [3.8, 4) is 0 Å². The van der Waals surface area contributed by atoms with E-state index in [0.717, 1.165) is 4.88 Å². The Morgan fingerprint density at radius 2 is 2.46 bits per heavy atom. The largest absolute Gasteiger partial charge is 0.469 e. The van der Waals surface area contributed by atoms with Crippen LogP contribution in [0, 0.1) is 0 Å². The van der Waals surface area contributed by atoms with Crippen LogP contribution in [0.2, 0.25) is 0 Å². The van der Waals surface area contributed by atoms with Gasteiger partial charge in [0.1, 0.15) is 5.60 Å².